The summed E-state index contributed by atoms with van der Waals surface area (Å²) in [5.74, 6) is -0.140. The number of hydrogen-bond acceptors (Lipinski definition) is 4. The van der Waals surface area contributed by atoms with Gasteiger partial charge in [0, 0.05) is 24.9 Å². The molecule has 1 aromatic carbocycles. The van der Waals surface area contributed by atoms with Crippen LogP contribution >= 0.6 is 0 Å². The SMILES string of the molecule is CS(=O)(=O)Cc1ccc(C(=O)N2CCCC(O)C2)cc1. The molecule has 110 valence electrons. The van der Waals surface area contributed by atoms with E-state index < -0.39 is 15.9 Å². The maximum atomic E-state index is 12.2. The predicted molar refractivity (Wildman–Crippen MR) is 76.1 cm³/mol. The Kier molecular flexibility index (Phi) is 4.45. The third kappa shape index (κ3) is 4.05. The van der Waals surface area contributed by atoms with Crippen LogP contribution < -0.4 is 0 Å². The standard InChI is InChI=1S/C14H19NO4S/c1-20(18,19)10-11-4-6-12(7-5-11)14(17)15-8-2-3-13(16)9-15/h4-7,13,16H,2-3,8-10H2,1H3. The number of sulfone groups is 1. The van der Waals surface area contributed by atoms with Gasteiger partial charge in [-0.3, -0.25) is 4.79 Å². The zero-order chi connectivity index (χ0) is 14.8. The number of amides is 1. The average Bonchev–Trinajstić information content (AvgIpc) is 2.37. The van der Waals surface area contributed by atoms with Gasteiger partial charge in [0.2, 0.25) is 0 Å². The molecule has 1 heterocycles. The Morgan fingerprint density at radius 3 is 2.55 bits per heavy atom. The van der Waals surface area contributed by atoms with Gasteiger partial charge < -0.3 is 10.0 Å². The lowest BCUT2D eigenvalue weighted by Crippen LogP contribution is -2.42. The maximum absolute atomic E-state index is 12.2. The van der Waals surface area contributed by atoms with Gasteiger partial charge in [-0.15, -0.1) is 0 Å². The molecular weight excluding hydrogens is 278 g/mol. The second-order valence-corrected chi connectivity index (χ2v) is 7.45. The van der Waals surface area contributed by atoms with Crippen LogP contribution in [0.5, 0.6) is 0 Å². The van der Waals surface area contributed by atoms with Crippen LogP contribution in [-0.2, 0) is 15.6 Å². The normalized spacial score (nSPS) is 19.9. The highest BCUT2D eigenvalue weighted by Gasteiger charge is 2.22. The Bertz CT molecular complexity index is 580. The van der Waals surface area contributed by atoms with E-state index in [2.05, 4.69) is 0 Å². The fraction of sp³-hybridized carbons (Fsp3) is 0.500. The van der Waals surface area contributed by atoms with E-state index >= 15 is 0 Å². The molecule has 1 atom stereocenters. The number of likely N-dealkylation sites (tertiary alicyclic amines) is 1. The number of hydrogen-bond donors (Lipinski definition) is 1. The van der Waals surface area contributed by atoms with E-state index in [1.165, 1.54) is 6.26 Å². The van der Waals surface area contributed by atoms with E-state index in [-0.39, 0.29) is 11.7 Å². The van der Waals surface area contributed by atoms with Crippen molar-refractivity contribution in [1.29, 1.82) is 0 Å². The Balaban J connectivity index is 2.07. The van der Waals surface area contributed by atoms with Gasteiger partial charge in [0.1, 0.15) is 0 Å². The van der Waals surface area contributed by atoms with E-state index in [0.717, 1.165) is 12.8 Å². The summed E-state index contributed by atoms with van der Waals surface area (Å²) >= 11 is 0. The van der Waals surface area contributed by atoms with Gasteiger partial charge in [-0.25, -0.2) is 8.42 Å². The Hall–Kier alpha value is -1.40. The van der Waals surface area contributed by atoms with Crippen molar-refractivity contribution in [2.45, 2.75) is 24.7 Å². The Morgan fingerprint density at radius 2 is 2.00 bits per heavy atom. The minimum absolute atomic E-state index is 0.0239. The first-order chi connectivity index (χ1) is 9.35. The molecule has 5 nitrogen and oxygen atoms in total. The van der Waals surface area contributed by atoms with Crippen LogP contribution in [-0.4, -0.2) is 49.8 Å². The Morgan fingerprint density at radius 1 is 1.35 bits per heavy atom. The summed E-state index contributed by atoms with van der Waals surface area (Å²) in [5, 5.41) is 9.59. The van der Waals surface area contributed by atoms with E-state index in [4.69, 9.17) is 0 Å². The van der Waals surface area contributed by atoms with Crippen LogP contribution in [0.2, 0.25) is 0 Å². The van der Waals surface area contributed by atoms with Crippen molar-refractivity contribution in [3.63, 3.8) is 0 Å². The van der Waals surface area contributed by atoms with Crippen LogP contribution in [0.4, 0.5) is 0 Å². The summed E-state index contributed by atoms with van der Waals surface area (Å²) < 4.78 is 22.4. The molecule has 0 aromatic heterocycles. The molecule has 6 heteroatoms. The molecule has 0 aliphatic carbocycles. The fourth-order valence-corrected chi connectivity index (χ4v) is 3.17. The van der Waals surface area contributed by atoms with Gasteiger partial charge in [-0.2, -0.15) is 0 Å². The number of aliphatic hydroxyl groups excluding tert-OH is 1. The molecular formula is C14H19NO4S. The number of benzene rings is 1. The molecule has 2 rings (SSSR count). The Labute approximate surface area is 119 Å². The van der Waals surface area contributed by atoms with Gasteiger partial charge >= 0.3 is 0 Å². The summed E-state index contributed by atoms with van der Waals surface area (Å²) in [4.78, 5) is 13.9. The molecule has 1 saturated heterocycles. The van der Waals surface area contributed by atoms with Gasteiger partial charge in [-0.05, 0) is 30.5 Å². The number of carbonyl (C=O) groups excluding carboxylic acids is 1. The second-order valence-electron chi connectivity index (χ2n) is 5.31. The third-order valence-electron chi connectivity index (χ3n) is 3.31. The lowest BCUT2D eigenvalue weighted by molar-refractivity contribution is 0.0474. The minimum Gasteiger partial charge on any atom is -0.391 e. The topological polar surface area (TPSA) is 74.7 Å². The zero-order valence-corrected chi connectivity index (χ0v) is 12.3. The molecule has 1 fully saturated rings. The monoisotopic (exact) mass is 297 g/mol. The number of piperidine rings is 1. The first-order valence-corrected chi connectivity index (χ1v) is 8.65. The molecule has 1 unspecified atom stereocenters. The molecule has 1 amide bonds. The van der Waals surface area contributed by atoms with Crippen molar-refractivity contribution in [3.05, 3.63) is 35.4 Å². The summed E-state index contributed by atoms with van der Waals surface area (Å²) in [6.45, 7) is 1.02. The molecule has 0 saturated carbocycles. The van der Waals surface area contributed by atoms with Crippen molar-refractivity contribution < 1.29 is 18.3 Å². The number of nitrogens with zero attached hydrogens (tertiary/aromatic N) is 1. The van der Waals surface area contributed by atoms with Crippen LogP contribution in [0.1, 0.15) is 28.8 Å². The first-order valence-electron chi connectivity index (χ1n) is 6.59. The number of rotatable bonds is 3. The van der Waals surface area contributed by atoms with Crippen molar-refractivity contribution in [1.82, 2.24) is 4.90 Å². The van der Waals surface area contributed by atoms with Gasteiger partial charge in [0.05, 0.1) is 11.9 Å². The fourth-order valence-electron chi connectivity index (χ4n) is 2.37. The second kappa shape index (κ2) is 5.93. The number of β-amino-alcohol motifs (C(OH)–C–C–N with tert-alkyl or cyclic N) is 1. The highest BCUT2D eigenvalue weighted by Crippen LogP contribution is 2.15. The van der Waals surface area contributed by atoms with Crippen LogP contribution in [0, 0.1) is 0 Å². The van der Waals surface area contributed by atoms with Gasteiger partial charge in [-0.1, -0.05) is 12.1 Å². The molecule has 20 heavy (non-hydrogen) atoms. The van der Waals surface area contributed by atoms with E-state index in [1.807, 2.05) is 0 Å². The molecule has 0 bridgehead atoms. The van der Waals surface area contributed by atoms with Gasteiger partial charge in [0.15, 0.2) is 9.84 Å². The smallest absolute Gasteiger partial charge is 0.253 e. The zero-order valence-electron chi connectivity index (χ0n) is 11.4. The molecule has 1 N–H and O–H groups in total. The molecule has 1 aromatic rings. The average molecular weight is 297 g/mol. The summed E-state index contributed by atoms with van der Waals surface area (Å²) in [6, 6.07) is 6.61. The lowest BCUT2D eigenvalue weighted by atomic mass is 10.1. The van der Waals surface area contributed by atoms with E-state index in [1.54, 1.807) is 29.2 Å². The molecule has 1 aliphatic heterocycles. The first kappa shape index (κ1) is 15.0. The number of aliphatic hydroxyl groups is 1. The van der Waals surface area contributed by atoms with Crippen molar-refractivity contribution >= 4 is 15.7 Å². The lowest BCUT2D eigenvalue weighted by Gasteiger charge is -2.30. The minimum atomic E-state index is -3.07. The predicted octanol–water partition coefficient (Wildman–Crippen LogP) is 0.828. The summed E-state index contributed by atoms with van der Waals surface area (Å²) in [7, 11) is -3.07. The highest BCUT2D eigenvalue weighted by molar-refractivity contribution is 7.89. The maximum Gasteiger partial charge on any atom is 0.253 e. The van der Waals surface area contributed by atoms with Crippen molar-refractivity contribution in [2.75, 3.05) is 19.3 Å². The number of carbonyl (C=O) groups is 1. The van der Waals surface area contributed by atoms with Crippen LogP contribution in [0.25, 0.3) is 0 Å². The van der Waals surface area contributed by atoms with Crippen LogP contribution in [0.15, 0.2) is 24.3 Å². The largest absolute Gasteiger partial charge is 0.391 e. The quantitative estimate of drug-likeness (QED) is 0.896. The molecule has 1 aliphatic rings. The van der Waals surface area contributed by atoms with E-state index in [9.17, 15) is 18.3 Å². The van der Waals surface area contributed by atoms with E-state index in [0.29, 0.717) is 24.2 Å². The van der Waals surface area contributed by atoms with Crippen molar-refractivity contribution in [3.8, 4) is 0 Å². The summed E-state index contributed by atoms with van der Waals surface area (Å²) in [5.41, 5.74) is 1.19. The van der Waals surface area contributed by atoms with Crippen molar-refractivity contribution in [2.24, 2.45) is 0 Å². The van der Waals surface area contributed by atoms with Crippen LogP contribution in [0.3, 0.4) is 0 Å². The third-order valence-corrected chi connectivity index (χ3v) is 4.17. The molecule has 0 radical (unpaired) electrons. The van der Waals surface area contributed by atoms with Gasteiger partial charge in [0.25, 0.3) is 5.91 Å². The highest BCUT2D eigenvalue weighted by atomic mass is 32.2. The summed E-state index contributed by atoms with van der Waals surface area (Å²) in [6.07, 6.45) is 2.27. The molecule has 0 spiro atoms.